The monoisotopic (exact) mass is 397 g/mol. The lowest BCUT2D eigenvalue weighted by Crippen LogP contribution is -2.22. The van der Waals surface area contributed by atoms with E-state index in [9.17, 15) is 4.79 Å². The lowest BCUT2D eigenvalue weighted by molar-refractivity contribution is -0.115. The number of nitrogens with zero attached hydrogens (tertiary/aromatic N) is 2. The molecule has 2 aromatic heterocycles. The Hall–Kier alpha value is -1.96. The molecule has 0 radical (unpaired) electrons. The normalized spacial score (nSPS) is 12.2. The van der Waals surface area contributed by atoms with Crippen molar-refractivity contribution in [3.8, 4) is 11.5 Å². The van der Waals surface area contributed by atoms with Gasteiger partial charge < -0.3 is 14.2 Å². The number of amides is 1. The van der Waals surface area contributed by atoms with Crippen molar-refractivity contribution in [3.63, 3.8) is 0 Å². The molecule has 1 aromatic carbocycles. The molecule has 6 nitrogen and oxygen atoms in total. The summed E-state index contributed by atoms with van der Waals surface area (Å²) in [7, 11) is 0. The molecule has 0 saturated heterocycles. The summed E-state index contributed by atoms with van der Waals surface area (Å²) in [4.78, 5) is 12.3. The Morgan fingerprint density at radius 3 is 2.80 bits per heavy atom. The SMILES string of the molecule is Cc1occc1-c1nnc(S[C@@H](C)C(=O)Nc2cc(Cl)ccc2Cl)o1. The van der Waals surface area contributed by atoms with Gasteiger partial charge in [0.25, 0.3) is 11.1 Å². The summed E-state index contributed by atoms with van der Waals surface area (Å²) in [6.07, 6.45) is 1.55. The van der Waals surface area contributed by atoms with Crippen molar-refractivity contribution in [2.45, 2.75) is 24.3 Å². The van der Waals surface area contributed by atoms with Gasteiger partial charge in [-0.2, -0.15) is 0 Å². The Bertz CT molecular complexity index is 910. The van der Waals surface area contributed by atoms with Crippen molar-refractivity contribution in [1.29, 1.82) is 0 Å². The molecule has 1 amide bonds. The van der Waals surface area contributed by atoms with Crippen LogP contribution in [0.5, 0.6) is 0 Å². The smallest absolute Gasteiger partial charge is 0.277 e. The van der Waals surface area contributed by atoms with E-state index in [0.717, 1.165) is 17.3 Å². The van der Waals surface area contributed by atoms with Gasteiger partial charge in [0.1, 0.15) is 5.76 Å². The zero-order valence-electron chi connectivity index (χ0n) is 13.2. The standard InChI is InChI=1S/C16H13Cl2N3O3S/c1-8-11(5-6-23-8)15-20-21-16(24-15)25-9(2)14(22)19-13-7-10(17)3-4-12(13)18/h3-7,9H,1-2H3,(H,19,22)/t9-/m0/s1. The summed E-state index contributed by atoms with van der Waals surface area (Å²) in [6, 6.07) is 6.60. The summed E-state index contributed by atoms with van der Waals surface area (Å²) in [5.41, 5.74) is 1.18. The van der Waals surface area contributed by atoms with Crippen molar-refractivity contribution in [2.75, 3.05) is 5.32 Å². The van der Waals surface area contributed by atoms with Crippen LogP contribution in [0.1, 0.15) is 12.7 Å². The molecule has 0 unspecified atom stereocenters. The molecule has 130 valence electrons. The number of hydrogen-bond acceptors (Lipinski definition) is 6. The summed E-state index contributed by atoms with van der Waals surface area (Å²) in [5.74, 6) is 0.772. The van der Waals surface area contributed by atoms with E-state index in [0.29, 0.717) is 27.4 Å². The molecule has 0 bridgehead atoms. The number of anilines is 1. The fourth-order valence-electron chi connectivity index (χ4n) is 2.01. The second-order valence-corrected chi connectivity index (χ2v) is 7.27. The highest BCUT2D eigenvalue weighted by Crippen LogP contribution is 2.30. The van der Waals surface area contributed by atoms with Gasteiger partial charge in [0.15, 0.2) is 0 Å². The molecule has 0 spiro atoms. The average molecular weight is 398 g/mol. The maximum Gasteiger partial charge on any atom is 0.277 e. The van der Waals surface area contributed by atoms with Crippen LogP contribution in [0.4, 0.5) is 5.69 Å². The van der Waals surface area contributed by atoms with Crippen LogP contribution in [-0.4, -0.2) is 21.4 Å². The van der Waals surface area contributed by atoms with Crippen LogP contribution >= 0.6 is 35.0 Å². The topological polar surface area (TPSA) is 81.2 Å². The van der Waals surface area contributed by atoms with E-state index in [1.165, 1.54) is 0 Å². The van der Waals surface area contributed by atoms with Gasteiger partial charge >= 0.3 is 0 Å². The van der Waals surface area contributed by atoms with E-state index in [2.05, 4.69) is 15.5 Å². The highest BCUT2D eigenvalue weighted by molar-refractivity contribution is 8.00. The molecular formula is C16H13Cl2N3O3S. The molecule has 3 rings (SSSR count). The Labute approximate surface area is 157 Å². The molecule has 25 heavy (non-hydrogen) atoms. The number of furan rings is 1. The number of carbonyl (C=O) groups is 1. The molecule has 3 aromatic rings. The number of aromatic nitrogens is 2. The number of halogens is 2. The summed E-state index contributed by atoms with van der Waals surface area (Å²) in [6.45, 7) is 3.53. The number of benzene rings is 1. The van der Waals surface area contributed by atoms with Gasteiger partial charge in [0, 0.05) is 5.02 Å². The number of nitrogens with one attached hydrogen (secondary N) is 1. The van der Waals surface area contributed by atoms with Crippen molar-refractivity contribution >= 4 is 46.6 Å². The molecule has 0 aliphatic carbocycles. The highest BCUT2D eigenvalue weighted by Gasteiger charge is 2.20. The van der Waals surface area contributed by atoms with Crippen LogP contribution in [0.25, 0.3) is 11.5 Å². The number of rotatable bonds is 5. The maximum atomic E-state index is 12.3. The number of aryl methyl sites for hydroxylation is 1. The highest BCUT2D eigenvalue weighted by atomic mass is 35.5. The van der Waals surface area contributed by atoms with Crippen LogP contribution in [0, 0.1) is 6.92 Å². The van der Waals surface area contributed by atoms with Crippen LogP contribution < -0.4 is 5.32 Å². The summed E-state index contributed by atoms with van der Waals surface area (Å²) >= 11 is 13.1. The first-order valence-electron chi connectivity index (χ1n) is 7.24. The molecule has 2 heterocycles. The number of hydrogen-bond donors (Lipinski definition) is 1. The third kappa shape index (κ3) is 4.18. The summed E-state index contributed by atoms with van der Waals surface area (Å²) < 4.78 is 10.8. The maximum absolute atomic E-state index is 12.3. The largest absolute Gasteiger partial charge is 0.469 e. The average Bonchev–Trinajstić information content (AvgIpc) is 3.19. The van der Waals surface area contributed by atoms with E-state index in [4.69, 9.17) is 32.0 Å². The van der Waals surface area contributed by atoms with Crippen molar-refractivity contribution in [1.82, 2.24) is 10.2 Å². The Morgan fingerprint density at radius 2 is 2.08 bits per heavy atom. The molecule has 0 fully saturated rings. The molecule has 9 heteroatoms. The first-order chi connectivity index (χ1) is 11.9. The molecule has 1 atom stereocenters. The molecule has 1 N–H and O–H groups in total. The third-order valence-electron chi connectivity index (χ3n) is 3.33. The second-order valence-electron chi connectivity index (χ2n) is 5.14. The predicted molar refractivity (Wildman–Crippen MR) is 97.1 cm³/mol. The second kappa shape index (κ2) is 7.51. The third-order valence-corrected chi connectivity index (χ3v) is 4.83. The molecular weight excluding hydrogens is 385 g/mol. The van der Waals surface area contributed by atoms with Gasteiger partial charge in [-0.05, 0) is 38.1 Å². The van der Waals surface area contributed by atoms with Gasteiger partial charge in [-0.25, -0.2) is 0 Å². The van der Waals surface area contributed by atoms with Gasteiger partial charge in [-0.1, -0.05) is 35.0 Å². The minimum absolute atomic E-state index is 0.256. The van der Waals surface area contributed by atoms with E-state index in [1.54, 1.807) is 44.4 Å². The Balaban J connectivity index is 1.67. The van der Waals surface area contributed by atoms with E-state index >= 15 is 0 Å². The van der Waals surface area contributed by atoms with Crippen LogP contribution in [0.2, 0.25) is 10.0 Å². The van der Waals surface area contributed by atoms with Gasteiger partial charge in [0.05, 0.1) is 27.8 Å². The fourth-order valence-corrected chi connectivity index (χ4v) is 3.03. The zero-order valence-corrected chi connectivity index (χ0v) is 15.6. The van der Waals surface area contributed by atoms with Crippen molar-refractivity contribution in [3.05, 3.63) is 46.3 Å². The van der Waals surface area contributed by atoms with Gasteiger partial charge in [-0.3, -0.25) is 4.79 Å². The number of carbonyl (C=O) groups excluding carboxylic acids is 1. The first-order valence-corrected chi connectivity index (χ1v) is 8.88. The van der Waals surface area contributed by atoms with Crippen molar-refractivity contribution < 1.29 is 13.6 Å². The first kappa shape index (κ1) is 17.8. The van der Waals surface area contributed by atoms with E-state index in [-0.39, 0.29) is 11.1 Å². The predicted octanol–water partition coefficient (Wildman–Crippen LogP) is 5.06. The zero-order chi connectivity index (χ0) is 18.0. The lowest BCUT2D eigenvalue weighted by Gasteiger charge is -2.11. The lowest BCUT2D eigenvalue weighted by atomic mass is 10.3. The van der Waals surface area contributed by atoms with Crippen molar-refractivity contribution in [2.24, 2.45) is 0 Å². The molecule has 0 aliphatic heterocycles. The van der Waals surface area contributed by atoms with Crippen LogP contribution in [-0.2, 0) is 4.79 Å². The van der Waals surface area contributed by atoms with Crippen LogP contribution in [0.15, 0.2) is 44.6 Å². The molecule has 0 saturated carbocycles. The van der Waals surface area contributed by atoms with E-state index in [1.807, 2.05) is 0 Å². The number of thioether (sulfide) groups is 1. The Morgan fingerprint density at radius 1 is 1.28 bits per heavy atom. The van der Waals surface area contributed by atoms with Gasteiger partial charge in [0.2, 0.25) is 5.91 Å². The quantitative estimate of drug-likeness (QED) is 0.605. The van der Waals surface area contributed by atoms with Crippen LogP contribution in [0.3, 0.4) is 0 Å². The summed E-state index contributed by atoms with van der Waals surface area (Å²) in [5, 5.41) is 11.4. The Kier molecular flexibility index (Phi) is 5.36. The van der Waals surface area contributed by atoms with Gasteiger partial charge in [-0.15, -0.1) is 10.2 Å². The fraction of sp³-hybridized carbons (Fsp3) is 0.188. The minimum Gasteiger partial charge on any atom is -0.469 e. The minimum atomic E-state index is -0.478. The molecule has 0 aliphatic rings. The van der Waals surface area contributed by atoms with E-state index < -0.39 is 5.25 Å².